The van der Waals surface area contributed by atoms with Crippen LogP contribution in [0.25, 0.3) is 0 Å². The van der Waals surface area contributed by atoms with E-state index < -0.39 is 14.9 Å². The second kappa shape index (κ2) is 7.56. The lowest BCUT2D eigenvalue weighted by molar-refractivity contribution is -0.385. The molecule has 1 fully saturated rings. The molecule has 10 heteroatoms. The zero-order valence-corrected chi connectivity index (χ0v) is 14.2. The SMILES string of the molecule is Cc1c(Cl)cc(S(=O)(=O)NCC2CCCN2)cc1[N+](=O)[O-].Cl. The van der Waals surface area contributed by atoms with Crippen molar-refractivity contribution in [1.29, 1.82) is 0 Å². The molecule has 0 saturated carbocycles. The molecule has 124 valence electrons. The summed E-state index contributed by atoms with van der Waals surface area (Å²) in [6.07, 6.45) is 1.91. The molecule has 1 aliphatic heterocycles. The van der Waals surface area contributed by atoms with E-state index in [0.29, 0.717) is 0 Å². The monoisotopic (exact) mass is 369 g/mol. The van der Waals surface area contributed by atoms with Gasteiger partial charge in [-0.05, 0) is 32.4 Å². The first-order valence-corrected chi connectivity index (χ1v) is 8.35. The Morgan fingerprint density at radius 2 is 2.18 bits per heavy atom. The Kier molecular flexibility index (Phi) is 6.57. The van der Waals surface area contributed by atoms with Crippen LogP contribution in [0.2, 0.25) is 5.02 Å². The number of halogens is 2. The highest BCUT2D eigenvalue weighted by molar-refractivity contribution is 7.89. The molecule has 0 aromatic heterocycles. The molecule has 0 spiro atoms. The van der Waals surface area contributed by atoms with E-state index in [1.807, 2.05) is 0 Å². The summed E-state index contributed by atoms with van der Waals surface area (Å²) >= 11 is 5.89. The quantitative estimate of drug-likeness (QED) is 0.610. The first-order valence-electron chi connectivity index (χ1n) is 6.49. The van der Waals surface area contributed by atoms with E-state index in [1.54, 1.807) is 0 Å². The predicted octanol–water partition coefficient (Wildman–Crippen LogP) is 2.01. The van der Waals surface area contributed by atoms with Gasteiger partial charge in [0.25, 0.3) is 5.69 Å². The lowest BCUT2D eigenvalue weighted by Gasteiger charge is -2.12. The summed E-state index contributed by atoms with van der Waals surface area (Å²) in [6.45, 7) is 2.60. The Hall–Kier alpha value is -0.930. The minimum atomic E-state index is -3.82. The number of nitro groups is 1. The van der Waals surface area contributed by atoms with Gasteiger partial charge in [0, 0.05) is 24.2 Å². The topological polar surface area (TPSA) is 101 Å². The summed E-state index contributed by atoms with van der Waals surface area (Å²) in [7, 11) is -3.82. The molecule has 7 nitrogen and oxygen atoms in total. The minimum Gasteiger partial charge on any atom is -0.313 e. The molecule has 0 radical (unpaired) electrons. The summed E-state index contributed by atoms with van der Waals surface area (Å²) in [4.78, 5) is 10.1. The van der Waals surface area contributed by atoms with Crippen LogP contribution in [0.5, 0.6) is 0 Å². The molecule has 1 aliphatic rings. The van der Waals surface area contributed by atoms with Crippen LogP contribution in [0.15, 0.2) is 17.0 Å². The molecule has 1 saturated heterocycles. The van der Waals surface area contributed by atoms with Crippen LogP contribution in [-0.4, -0.2) is 32.5 Å². The van der Waals surface area contributed by atoms with E-state index >= 15 is 0 Å². The first kappa shape index (κ1) is 19.1. The van der Waals surface area contributed by atoms with E-state index in [4.69, 9.17) is 11.6 Å². The van der Waals surface area contributed by atoms with E-state index in [9.17, 15) is 18.5 Å². The molecule has 1 unspecified atom stereocenters. The molecule has 0 aliphatic carbocycles. The highest BCUT2D eigenvalue weighted by Gasteiger charge is 2.24. The number of nitro benzene ring substituents is 1. The van der Waals surface area contributed by atoms with Crippen LogP contribution >= 0.6 is 24.0 Å². The molecule has 0 amide bonds. The third kappa shape index (κ3) is 4.30. The predicted molar refractivity (Wildman–Crippen MR) is 86.3 cm³/mol. The summed E-state index contributed by atoms with van der Waals surface area (Å²) < 4.78 is 26.9. The molecule has 2 N–H and O–H groups in total. The van der Waals surface area contributed by atoms with E-state index in [1.165, 1.54) is 13.0 Å². The fraction of sp³-hybridized carbons (Fsp3) is 0.500. The fourth-order valence-electron chi connectivity index (χ4n) is 2.21. The average Bonchev–Trinajstić information content (AvgIpc) is 2.92. The van der Waals surface area contributed by atoms with Gasteiger partial charge in [-0.25, -0.2) is 13.1 Å². The van der Waals surface area contributed by atoms with Gasteiger partial charge in [-0.15, -0.1) is 12.4 Å². The maximum absolute atomic E-state index is 12.2. The van der Waals surface area contributed by atoms with Crippen molar-refractivity contribution in [2.75, 3.05) is 13.1 Å². The molecule has 1 heterocycles. The summed E-state index contributed by atoms with van der Waals surface area (Å²) in [6, 6.07) is 2.36. The Morgan fingerprint density at radius 1 is 1.50 bits per heavy atom. The first-order chi connectivity index (χ1) is 9.81. The molecular formula is C12H17Cl2N3O4S. The molecule has 1 aromatic rings. The molecule has 1 atom stereocenters. The van der Waals surface area contributed by atoms with Crippen molar-refractivity contribution in [3.8, 4) is 0 Å². The molecule has 1 aromatic carbocycles. The fourth-order valence-corrected chi connectivity index (χ4v) is 3.62. The van der Waals surface area contributed by atoms with E-state index in [-0.39, 0.29) is 46.2 Å². The molecule has 22 heavy (non-hydrogen) atoms. The van der Waals surface area contributed by atoms with Crippen LogP contribution in [0.3, 0.4) is 0 Å². The molecule has 0 bridgehead atoms. The number of benzene rings is 1. The van der Waals surface area contributed by atoms with Gasteiger partial charge in [-0.3, -0.25) is 10.1 Å². The van der Waals surface area contributed by atoms with E-state index in [0.717, 1.165) is 25.5 Å². The van der Waals surface area contributed by atoms with Crippen molar-refractivity contribution in [2.45, 2.75) is 30.7 Å². The standard InChI is InChI=1S/C12H16ClN3O4S.ClH/c1-8-11(13)5-10(6-12(8)16(17)18)21(19,20)15-7-9-3-2-4-14-9;/h5-6,9,14-15H,2-4,7H2,1H3;1H. The number of hydrogen-bond acceptors (Lipinski definition) is 5. The van der Waals surface area contributed by atoms with Crippen LogP contribution in [0.1, 0.15) is 18.4 Å². The second-order valence-electron chi connectivity index (χ2n) is 4.95. The highest BCUT2D eigenvalue weighted by Crippen LogP contribution is 2.29. The number of hydrogen-bond donors (Lipinski definition) is 2. The van der Waals surface area contributed by atoms with Crippen molar-refractivity contribution >= 4 is 39.7 Å². The van der Waals surface area contributed by atoms with Crippen molar-refractivity contribution in [2.24, 2.45) is 0 Å². The zero-order chi connectivity index (χ0) is 15.6. The summed E-state index contributed by atoms with van der Waals surface area (Å²) in [5.74, 6) is 0. The van der Waals surface area contributed by atoms with Gasteiger partial charge in [-0.1, -0.05) is 11.6 Å². The maximum atomic E-state index is 12.2. The maximum Gasteiger partial charge on any atom is 0.275 e. The average molecular weight is 370 g/mol. The summed E-state index contributed by atoms with van der Waals surface area (Å²) in [5.41, 5.74) is -0.0556. The Bertz CT molecular complexity index is 661. The number of nitrogens with zero attached hydrogens (tertiary/aromatic N) is 1. The van der Waals surface area contributed by atoms with Crippen molar-refractivity contribution in [3.63, 3.8) is 0 Å². The molecular weight excluding hydrogens is 353 g/mol. The Labute approximate surface area is 140 Å². The number of sulfonamides is 1. The number of rotatable bonds is 5. The van der Waals surface area contributed by atoms with Crippen molar-refractivity contribution in [1.82, 2.24) is 10.0 Å². The summed E-state index contributed by atoms with van der Waals surface area (Å²) in [5, 5.41) is 14.2. The van der Waals surface area contributed by atoms with Crippen LogP contribution < -0.4 is 10.0 Å². The van der Waals surface area contributed by atoms with Crippen LogP contribution in [-0.2, 0) is 10.0 Å². The Morgan fingerprint density at radius 3 is 2.73 bits per heavy atom. The highest BCUT2D eigenvalue weighted by atomic mass is 35.5. The number of nitrogens with one attached hydrogen (secondary N) is 2. The van der Waals surface area contributed by atoms with E-state index in [2.05, 4.69) is 10.0 Å². The normalized spacial score (nSPS) is 18.0. The Balaban J connectivity index is 0.00000242. The van der Waals surface area contributed by atoms with Crippen molar-refractivity contribution < 1.29 is 13.3 Å². The van der Waals surface area contributed by atoms with Gasteiger partial charge in [0.2, 0.25) is 10.0 Å². The van der Waals surface area contributed by atoms with Gasteiger partial charge in [-0.2, -0.15) is 0 Å². The van der Waals surface area contributed by atoms with Crippen LogP contribution in [0.4, 0.5) is 5.69 Å². The van der Waals surface area contributed by atoms with Gasteiger partial charge in [0.1, 0.15) is 0 Å². The lowest BCUT2D eigenvalue weighted by atomic mass is 10.2. The largest absolute Gasteiger partial charge is 0.313 e. The lowest BCUT2D eigenvalue weighted by Crippen LogP contribution is -2.37. The zero-order valence-electron chi connectivity index (χ0n) is 11.8. The van der Waals surface area contributed by atoms with Crippen LogP contribution in [0, 0.1) is 17.0 Å². The van der Waals surface area contributed by atoms with Gasteiger partial charge >= 0.3 is 0 Å². The third-order valence-electron chi connectivity index (χ3n) is 3.48. The second-order valence-corrected chi connectivity index (χ2v) is 7.13. The smallest absolute Gasteiger partial charge is 0.275 e. The van der Waals surface area contributed by atoms with Crippen molar-refractivity contribution in [3.05, 3.63) is 32.8 Å². The van der Waals surface area contributed by atoms with Gasteiger partial charge in [0.15, 0.2) is 0 Å². The van der Waals surface area contributed by atoms with Gasteiger partial charge < -0.3 is 5.32 Å². The third-order valence-corrected chi connectivity index (χ3v) is 5.28. The molecule has 2 rings (SSSR count). The van der Waals surface area contributed by atoms with Gasteiger partial charge in [0.05, 0.1) is 14.8 Å². The minimum absolute atomic E-state index is 0.